The number of anilines is 1. The molecule has 0 atom stereocenters. The molecule has 0 amide bonds. The molecule has 3 aromatic carbocycles. The standard InChI is InChI=1S/C22H20BN3O/c1-15-24-20-13-12-18(25-23)14-19(20)22(27)26(15)21(16-8-4-2-5-9-16)17-10-6-3-7-11-17/h2-14,21,25H,23H2,1H3. The summed E-state index contributed by atoms with van der Waals surface area (Å²) in [6.07, 6.45) is 0. The van der Waals surface area contributed by atoms with Crippen molar-refractivity contribution in [2.75, 3.05) is 5.23 Å². The molecule has 0 fully saturated rings. The number of aryl methyl sites for hydroxylation is 1. The number of fused-ring (bicyclic) bond motifs is 1. The lowest BCUT2D eigenvalue weighted by Crippen LogP contribution is -2.29. The van der Waals surface area contributed by atoms with E-state index in [2.05, 4.69) is 29.5 Å². The molecule has 0 unspecified atom stereocenters. The van der Waals surface area contributed by atoms with Gasteiger partial charge in [0, 0.05) is 5.69 Å². The minimum absolute atomic E-state index is 0.0349. The molecule has 0 bridgehead atoms. The summed E-state index contributed by atoms with van der Waals surface area (Å²) in [5.41, 5.74) is 3.69. The molecule has 5 heteroatoms. The molecular weight excluding hydrogens is 333 g/mol. The van der Waals surface area contributed by atoms with Crippen molar-refractivity contribution in [3.8, 4) is 0 Å². The fraction of sp³-hybridized carbons (Fsp3) is 0.0909. The Morgan fingerprint density at radius 1 is 0.926 bits per heavy atom. The second-order valence-electron chi connectivity index (χ2n) is 6.54. The van der Waals surface area contributed by atoms with E-state index in [1.54, 1.807) is 4.57 Å². The number of nitrogens with one attached hydrogen (secondary N) is 1. The first-order chi connectivity index (χ1) is 13.2. The van der Waals surface area contributed by atoms with E-state index in [1.165, 1.54) is 0 Å². The fourth-order valence-corrected chi connectivity index (χ4v) is 3.53. The van der Waals surface area contributed by atoms with E-state index in [-0.39, 0.29) is 11.6 Å². The lowest BCUT2D eigenvalue weighted by Gasteiger charge is -2.23. The number of hydrogen-bond acceptors (Lipinski definition) is 3. The smallest absolute Gasteiger partial charge is 0.262 e. The monoisotopic (exact) mass is 353 g/mol. The number of benzene rings is 3. The second kappa shape index (κ2) is 7.12. The maximum Gasteiger partial charge on any atom is 0.262 e. The molecule has 0 aliphatic heterocycles. The van der Waals surface area contributed by atoms with Gasteiger partial charge in [0.05, 0.1) is 16.9 Å². The molecule has 1 aromatic heterocycles. The summed E-state index contributed by atoms with van der Waals surface area (Å²) in [6, 6.07) is 25.6. The number of hydrogen-bond donors (Lipinski definition) is 1. The summed E-state index contributed by atoms with van der Waals surface area (Å²) in [6.45, 7) is 1.89. The summed E-state index contributed by atoms with van der Waals surface area (Å²) < 4.78 is 1.80. The molecule has 0 radical (unpaired) electrons. The minimum Gasteiger partial charge on any atom is -0.434 e. The van der Waals surface area contributed by atoms with E-state index in [9.17, 15) is 4.79 Å². The van der Waals surface area contributed by atoms with Crippen LogP contribution in [-0.4, -0.2) is 17.5 Å². The van der Waals surface area contributed by atoms with Crippen molar-refractivity contribution in [3.05, 3.63) is 106 Å². The molecule has 0 spiro atoms. The molecule has 1 heterocycles. The molecule has 132 valence electrons. The average molecular weight is 353 g/mol. The van der Waals surface area contributed by atoms with Gasteiger partial charge in [-0.25, -0.2) is 4.98 Å². The normalized spacial score (nSPS) is 11.0. The Morgan fingerprint density at radius 2 is 1.52 bits per heavy atom. The van der Waals surface area contributed by atoms with Crippen LogP contribution in [-0.2, 0) is 0 Å². The summed E-state index contributed by atoms with van der Waals surface area (Å²) >= 11 is 0. The van der Waals surface area contributed by atoms with Crippen LogP contribution in [0.25, 0.3) is 10.9 Å². The van der Waals surface area contributed by atoms with Crippen molar-refractivity contribution in [1.82, 2.24) is 9.55 Å². The van der Waals surface area contributed by atoms with Gasteiger partial charge in [0.25, 0.3) is 5.56 Å². The van der Waals surface area contributed by atoms with Gasteiger partial charge in [-0.05, 0) is 36.2 Å². The predicted molar refractivity (Wildman–Crippen MR) is 113 cm³/mol. The molecule has 1 N–H and O–H groups in total. The van der Waals surface area contributed by atoms with Crippen LogP contribution in [0.15, 0.2) is 83.7 Å². The fourth-order valence-electron chi connectivity index (χ4n) is 3.53. The maximum absolute atomic E-state index is 13.5. The first-order valence-corrected chi connectivity index (χ1v) is 8.99. The van der Waals surface area contributed by atoms with Gasteiger partial charge in [-0.3, -0.25) is 9.36 Å². The lowest BCUT2D eigenvalue weighted by molar-refractivity contribution is 0.620. The summed E-state index contributed by atoms with van der Waals surface area (Å²) in [5.74, 6) is 0.697. The third-order valence-electron chi connectivity index (χ3n) is 4.85. The van der Waals surface area contributed by atoms with Crippen molar-refractivity contribution in [2.45, 2.75) is 13.0 Å². The Morgan fingerprint density at radius 3 is 2.07 bits per heavy atom. The van der Waals surface area contributed by atoms with Crippen LogP contribution < -0.4 is 10.8 Å². The van der Waals surface area contributed by atoms with Crippen LogP contribution in [0, 0.1) is 6.92 Å². The zero-order valence-corrected chi connectivity index (χ0v) is 15.4. The molecule has 0 saturated carbocycles. The average Bonchev–Trinajstić information content (AvgIpc) is 2.72. The van der Waals surface area contributed by atoms with Gasteiger partial charge in [0.2, 0.25) is 7.98 Å². The van der Waals surface area contributed by atoms with E-state index >= 15 is 0 Å². The molecule has 27 heavy (non-hydrogen) atoms. The van der Waals surface area contributed by atoms with Crippen molar-refractivity contribution in [2.24, 2.45) is 0 Å². The largest absolute Gasteiger partial charge is 0.434 e. The quantitative estimate of drug-likeness (QED) is 0.573. The first-order valence-electron chi connectivity index (χ1n) is 8.99. The van der Waals surface area contributed by atoms with Gasteiger partial charge in [-0.2, -0.15) is 0 Å². The highest BCUT2D eigenvalue weighted by Gasteiger charge is 2.21. The van der Waals surface area contributed by atoms with Crippen LogP contribution in [0.1, 0.15) is 23.0 Å². The van der Waals surface area contributed by atoms with Crippen molar-refractivity contribution >= 4 is 24.6 Å². The Labute approximate surface area is 158 Å². The Bertz CT molecular complexity index is 1100. The molecule has 4 rings (SSSR count). The molecule has 4 nitrogen and oxygen atoms in total. The van der Waals surface area contributed by atoms with Gasteiger partial charge in [-0.15, -0.1) is 0 Å². The van der Waals surface area contributed by atoms with Crippen molar-refractivity contribution in [3.63, 3.8) is 0 Å². The van der Waals surface area contributed by atoms with Crippen LogP contribution in [0.5, 0.6) is 0 Å². The minimum atomic E-state index is -0.227. The Kier molecular flexibility index (Phi) is 4.51. The Hall–Kier alpha value is -3.34. The number of rotatable bonds is 4. The predicted octanol–water partition coefficient (Wildman–Crippen LogP) is 3.30. The van der Waals surface area contributed by atoms with Gasteiger partial charge in [0.1, 0.15) is 5.82 Å². The molecular formula is C22H20BN3O. The molecule has 4 aromatic rings. The molecule has 0 aliphatic carbocycles. The van der Waals surface area contributed by atoms with Crippen molar-refractivity contribution < 1.29 is 0 Å². The van der Waals surface area contributed by atoms with Gasteiger partial charge < -0.3 is 5.23 Å². The first kappa shape index (κ1) is 17.1. The van der Waals surface area contributed by atoms with Gasteiger partial charge in [-0.1, -0.05) is 60.7 Å². The molecule has 0 aliphatic rings. The van der Waals surface area contributed by atoms with Crippen LogP contribution in [0.3, 0.4) is 0 Å². The highest BCUT2D eigenvalue weighted by atomic mass is 16.1. The van der Waals surface area contributed by atoms with Crippen LogP contribution in [0.4, 0.5) is 5.69 Å². The second-order valence-corrected chi connectivity index (χ2v) is 6.54. The Balaban J connectivity index is 2.03. The van der Waals surface area contributed by atoms with Crippen molar-refractivity contribution in [1.29, 1.82) is 0 Å². The highest BCUT2D eigenvalue weighted by molar-refractivity contribution is 6.16. The summed E-state index contributed by atoms with van der Waals surface area (Å²) in [5, 5.41) is 3.71. The van der Waals surface area contributed by atoms with Gasteiger partial charge in [0.15, 0.2) is 0 Å². The molecule has 0 saturated heterocycles. The van der Waals surface area contributed by atoms with E-state index < -0.39 is 0 Å². The van der Waals surface area contributed by atoms with E-state index in [1.807, 2.05) is 69.5 Å². The van der Waals surface area contributed by atoms with Crippen LogP contribution in [0.2, 0.25) is 0 Å². The topological polar surface area (TPSA) is 46.9 Å². The SMILES string of the molecule is BNc1ccc2nc(C)n(C(c3ccccc3)c3ccccc3)c(=O)c2c1. The number of nitrogens with zero attached hydrogens (tertiary/aromatic N) is 2. The maximum atomic E-state index is 13.5. The third-order valence-corrected chi connectivity index (χ3v) is 4.85. The summed E-state index contributed by atoms with van der Waals surface area (Å²) in [4.78, 5) is 18.2. The summed E-state index contributed by atoms with van der Waals surface area (Å²) in [7, 11) is 1.85. The highest BCUT2D eigenvalue weighted by Crippen LogP contribution is 2.27. The van der Waals surface area contributed by atoms with E-state index in [0.29, 0.717) is 16.7 Å². The zero-order valence-electron chi connectivity index (χ0n) is 15.4. The zero-order chi connectivity index (χ0) is 18.8. The van der Waals surface area contributed by atoms with Gasteiger partial charge >= 0.3 is 0 Å². The number of aromatic nitrogens is 2. The third kappa shape index (κ3) is 3.12. The van der Waals surface area contributed by atoms with E-state index in [4.69, 9.17) is 4.98 Å². The van der Waals surface area contributed by atoms with Crippen LogP contribution >= 0.6 is 0 Å². The lowest BCUT2D eigenvalue weighted by atomic mass is 9.98. The van der Waals surface area contributed by atoms with E-state index in [0.717, 1.165) is 16.8 Å².